The molecule has 1 aliphatic carbocycles. The molecule has 0 aromatic carbocycles. The maximum atomic E-state index is 14.4. The molecule has 3 heterocycles. The largest absolute Gasteiger partial charge is 0.460 e. The lowest BCUT2D eigenvalue weighted by Crippen LogP contribution is -2.61. The summed E-state index contributed by atoms with van der Waals surface area (Å²) in [6.07, 6.45) is 11.2. The number of aliphatic hydroxyl groups excluding tert-OH is 2. The van der Waals surface area contributed by atoms with Crippen LogP contribution < -0.4 is 0 Å². The van der Waals surface area contributed by atoms with Crippen LogP contribution in [0.5, 0.6) is 0 Å². The minimum Gasteiger partial charge on any atom is -0.460 e. The van der Waals surface area contributed by atoms with Gasteiger partial charge in [0.15, 0.2) is 5.78 Å². The van der Waals surface area contributed by atoms with Gasteiger partial charge in [-0.25, -0.2) is 4.79 Å². The summed E-state index contributed by atoms with van der Waals surface area (Å²) in [5, 5.41) is 33.8. The maximum absolute atomic E-state index is 14.4. The monoisotopic (exact) mass is 914 g/mol. The number of carbonyl (C=O) groups excluding carboxylic acids is 5. The van der Waals surface area contributed by atoms with Gasteiger partial charge < -0.3 is 43.9 Å². The molecular weight excluding hydrogens is 835 g/mol. The number of ketones is 3. The second-order valence-corrected chi connectivity index (χ2v) is 19.6. The van der Waals surface area contributed by atoms with Gasteiger partial charge >= 0.3 is 5.97 Å². The van der Waals surface area contributed by atoms with Crippen molar-refractivity contribution in [1.82, 2.24) is 4.90 Å². The second kappa shape index (κ2) is 25.1. The number of Topliss-reactive ketones (excluding diaryl/α,β-unsaturated/α-hetero) is 3. The summed E-state index contributed by atoms with van der Waals surface area (Å²) in [7, 11) is 4.52. The Bertz CT molecular complexity index is 1760. The smallest absolute Gasteiger partial charge is 0.329 e. The molecule has 0 radical (unpaired) electrons. The number of hydrogen-bond acceptors (Lipinski definition) is 13. The van der Waals surface area contributed by atoms with E-state index in [0.29, 0.717) is 63.4 Å². The number of nitrogens with zero attached hydrogens (tertiary/aromatic N) is 1. The van der Waals surface area contributed by atoms with Gasteiger partial charge in [-0.3, -0.25) is 19.2 Å². The number of methoxy groups -OCH3 is 3. The fourth-order valence-electron chi connectivity index (χ4n) is 10.1. The van der Waals surface area contributed by atoms with Crippen LogP contribution in [0.2, 0.25) is 0 Å². The molecule has 4 aliphatic rings. The molecule has 65 heavy (non-hydrogen) atoms. The average Bonchev–Trinajstić information content (AvgIpc) is 3.28. The van der Waals surface area contributed by atoms with Crippen molar-refractivity contribution in [2.75, 3.05) is 27.9 Å². The number of amides is 1. The highest BCUT2D eigenvalue weighted by Crippen LogP contribution is 2.38. The van der Waals surface area contributed by atoms with E-state index in [0.717, 1.165) is 12.0 Å². The van der Waals surface area contributed by atoms with E-state index in [4.69, 9.17) is 23.7 Å². The van der Waals surface area contributed by atoms with Crippen molar-refractivity contribution in [2.24, 2.45) is 35.5 Å². The quantitative estimate of drug-likeness (QED) is 0.156. The van der Waals surface area contributed by atoms with Crippen molar-refractivity contribution < 1.29 is 63.0 Å². The molecule has 1 saturated carbocycles. The number of carbonyl (C=O) groups is 5. The third-order valence-corrected chi connectivity index (χ3v) is 14.5. The van der Waals surface area contributed by atoms with E-state index >= 15 is 0 Å². The molecule has 0 aromatic heterocycles. The average molecular weight is 914 g/mol. The highest BCUT2D eigenvalue weighted by Gasteiger charge is 2.53. The summed E-state index contributed by atoms with van der Waals surface area (Å²) in [6, 6.07) is -1.14. The van der Waals surface area contributed by atoms with E-state index in [-0.39, 0.29) is 54.8 Å². The fourth-order valence-corrected chi connectivity index (χ4v) is 10.1. The van der Waals surface area contributed by atoms with Gasteiger partial charge in [0.05, 0.1) is 24.4 Å². The molecule has 15 atom stereocenters. The van der Waals surface area contributed by atoms with Crippen LogP contribution in [-0.4, -0.2) is 132 Å². The van der Waals surface area contributed by atoms with Gasteiger partial charge in [0.2, 0.25) is 5.79 Å². The van der Waals surface area contributed by atoms with Crippen LogP contribution in [-0.2, 0) is 47.7 Å². The minimum absolute atomic E-state index is 0.0193. The van der Waals surface area contributed by atoms with Crippen LogP contribution in [0.1, 0.15) is 126 Å². The number of aliphatic hydroxyl groups is 3. The van der Waals surface area contributed by atoms with Crippen LogP contribution in [0.25, 0.3) is 0 Å². The van der Waals surface area contributed by atoms with E-state index in [9.17, 15) is 39.3 Å². The van der Waals surface area contributed by atoms with Gasteiger partial charge in [-0.05, 0) is 107 Å². The Balaban J connectivity index is 1.70. The molecule has 4 unspecified atom stereocenters. The first-order valence-corrected chi connectivity index (χ1v) is 23.9. The number of hydrogen-bond donors (Lipinski definition) is 3. The first-order valence-electron chi connectivity index (χ1n) is 23.9. The Kier molecular flexibility index (Phi) is 21.0. The highest BCUT2D eigenvalue weighted by molar-refractivity contribution is 6.39. The number of rotatable bonds is 6. The Labute approximate surface area is 387 Å². The van der Waals surface area contributed by atoms with Gasteiger partial charge in [-0.15, -0.1) is 0 Å². The van der Waals surface area contributed by atoms with E-state index in [1.165, 1.54) is 12.0 Å². The molecule has 3 fully saturated rings. The van der Waals surface area contributed by atoms with Crippen molar-refractivity contribution >= 4 is 29.2 Å². The van der Waals surface area contributed by atoms with Crippen LogP contribution >= 0.6 is 0 Å². The SMILES string of the molecule is CO[C@H]1CC2CC[C@@H](C)[C@@](O)(O2)C(=O)C(=O)N2CCCCC2C(=O)OC([C@H](C)CC2CC[C@@H](O)[C@H](OC)C2)CC(=O)[C@H](C)/C=C(\C)[C@@H](O)[C@@H](OC)C(=O)[C@H](C)C[C@H](C)/C=C/C=CC=C1C. The van der Waals surface area contributed by atoms with E-state index < -0.39 is 83.9 Å². The number of piperidine rings is 1. The summed E-state index contributed by atoms with van der Waals surface area (Å²) in [6.45, 7) is 12.7. The second-order valence-electron chi connectivity index (χ2n) is 19.6. The van der Waals surface area contributed by atoms with Crippen molar-refractivity contribution in [3.05, 3.63) is 47.6 Å². The van der Waals surface area contributed by atoms with Crippen molar-refractivity contribution in [1.29, 1.82) is 0 Å². The van der Waals surface area contributed by atoms with Gasteiger partial charge in [0.1, 0.15) is 30.1 Å². The number of cyclic esters (lactones) is 1. The molecule has 14 nitrogen and oxygen atoms in total. The summed E-state index contributed by atoms with van der Waals surface area (Å²) < 4.78 is 29.4. The summed E-state index contributed by atoms with van der Waals surface area (Å²) in [5.74, 6) is -7.96. The topological polar surface area (TPSA) is 195 Å². The first-order chi connectivity index (χ1) is 30.7. The normalized spacial score (nSPS) is 39.1. The summed E-state index contributed by atoms with van der Waals surface area (Å²) >= 11 is 0. The molecule has 14 heteroatoms. The molecule has 3 aliphatic heterocycles. The Morgan fingerprint density at radius 2 is 1.57 bits per heavy atom. The molecule has 2 bridgehead atoms. The number of esters is 1. The molecular formula is C51H79NO13. The van der Waals surface area contributed by atoms with Gasteiger partial charge in [0, 0.05) is 58.5 Å². The molecule has 2 saturated heterocycles. The van der Waals surface area contributed by atoms with E-state index in [1.54, 1.807) is 41.1 Å². The van der Waals surface area contributed by atoms with Crippen molar-refractivity contribution in [2.45, 2.75) is 180 Å². The van der Waals surface area contributed by atoms with Crippen molar-refractivity contribution in [3.63, 3.8) is 0 Å². The lowest BCUT2D eigenvalue weighted by atomic mass is 9.78. The predicted molar refractivity (Wildman–Crippen MR) is 245 cm³/mol. The van der Waals surface area contributed by atoms with Crippen molar-refractivity contribution in [3.8, 4) is 0 Å². The zero-order valence-electron chi connectivity index (χ0n) is 40.6. The minimum atomic E-state index is -2.43. The molecule has 3 N–H and O–H groups in total. The molecule has 1 amide bonds. The van der Waals surface area contributed by atoms with Crippen LogP contribution in [0.3, 0.4) is 0 Å². The zero-order chi connectivity index (χ0) is 48.2. The highest BCUT2D eigenvalue weighted by atomic mass is 16.6. The Hall–Kier alpha value is -3.37. The molecule has 0 spiro atoms. The fraction of sp³-hybridized carbons (Fsp3) is 0.745. The lowest BCUT2D eigenvalue weighted by molar-refractivity contribution is -0.265. The number of ether oxygens (including phenoxy) is 5. The number of fused-ring (bicyclic) bond motifs is 3. The van der Waals surface area contributed by atoms with Gasteiger partial charge in [-0.2, -0.15) is 0 Å². The maximum Gasteiger partial charge on any atom is 0.329 e. The van der Waals surface area contributed by atoms with Gasteiger partial charge in [0.25, 0.3) is 11.7 Å². The lowest BCUT2D eigenvalue weighted by Gasteiger charge is -2.42. The summed E-state index contributed by atoms with van der Waals surface area (Å²) in [4.78, 5) is 71.8. The first kappa shape index (κ1) is 54.2. The molecule has 366 valence electrons. The predicted octanol–water partition coefficient (Wildman–Crippen LogP) is 6.18. The van der Waals surface area contributed by atoms with E-state index in [2.05, 4.69) is 0 Å². The third-order valence-electron chi connectivity index (χ3n) is 14.5. The Morgan fingerprint density at radius 1 is 0.846 bits per heavy atom. The molecule has 4 rings (SSSR count). The standard InChI is InChI=1S/C51H79NO13/c1-30-16-12-11-13-17-31(2)42(61-8)28-38-21-19-36(7)51(60,65-38)48(57)49(58)52-23-15-14-18-39(52)50(59)64-43(33(4)26-37-20-22-40(53)44(27-37)62-9)29-41(54)32(3)25-35(6)46(56)47(63-10)45(55)34(5)24-30/h11-13,16-17,25,30,32-34,36-40,42-44,46-47,53,56,60H,14-15,18-24,26-29H2,1-10H3/b13-11?,16-12+,31-17?,35-25+/t30-,32-,33-,34-,36-,37?,38?,39?,40-,42+,43?,44-,46-,47+,51-/m1/s1. The van der Waals surface area contributed by atoms with Gasteiger partial charge in [-0.1, -0.05) is 71.1 Å². The van der Waals surface area contributed by atoms with Crippen LogP contribution in [0, 0.1) is 35.5 Å². The van der Waals surface area contributed by atoms with E-state index in [1.807, 2.05) is 58.1 Å². The summed E-state index contributed by atoms with van der Waals surface area (Å²) in [5.41, 5.74) is 1.27. The van der Waals surface area contributed by atoms with Crippen LogP contribution in [0.4, 0.5) is 0 Å². The Morgan fingerprint density at radius 3 is 2.25 bits per heavy atom. The number of allylic oxidation sites excluding steroid dienone is 6. The third kappa shape index (κ3) is 14.3. The van der Waals surface area contributed by atoms with Crippen LogP contribution in [0.15, 0.2) is 47.6 Å². The zero-order valence-corrected chi connectivity index (χ0v) is 40.6. The molecule has 0 aromatic rings.